The van der Waals surface area contributed by atoms with Crippen LogP contribution in [-0.4, -0.2) is 70.5 Å². The van der Waals surface area contributed by atoms with Crippen LogP contribution in [-0.2, 0) is 28.8 Å². The van der Waals surface area contributed by atoms with E-state index in [1.807, 2.05) is 0 Å². The number of carbonyl (C=O) groups is 6. The molecule has 5 unspecified atom stereocenters. The number of thiol groups is 1. The van der Waals surface area contributed by atoms with Gasteiger partial charge in [0.2, 0.25) is 29.5 Å². The molecule has 5 atom stereocenters. The van der Waals surface area contributed by atoms with Gasteiger partial charge >= 0.3 is 5.97 Å². The Labute approximate surface area is 184 Å². The normalized spacial score (nSPS) is 15.5. The second-order valence-electron chi connectivity index (χ2n) is 6.96. The van der Waals surface area contributed by atoms with Gasteiger partial charge in [-0.15, -0.1) is 0 Å². The van der Waals surface area contributed by atoms with Gasteiger partial charge in [0.15, 0.2) is 0 Å². The SMILES string of the molecule is CCC(C)C(NC(=O)C(CC(N)=O)NC(=O)C(N)CS)C(=O)NC(CC(N)=O)C(=O)O. The third kappa shape index (κ3) is 10.1. The van der Waals surface area contributed by atoms with E-state index < -0.39 is 78.4 Å². The number of nitrogens with one attached hydrogen (secondary N) is 3. The molecule has 0 radical (unpaired) electrons. The zero-order valence-electron chi connectivity index (χ0n) is 17.3. The first-order chi connectivity index (χ1) is 14.3. The third-order valence-electron chi connectivity index (χ3n) is 4.38. The first-order valence-electron chi connectivity index (χ1n) is 9.40. The van der Waals surface area contributed by atoms with Gasteiger partial charge in [-0.2, -0.15) is 12.6 Å². The number of aliphatic carboxylic acids is 1. The maximum Gasteiger partial charge on any atom is 0.326 e. The summed E-state index contributed by atoms with van der Waals surface area (Å²) in [6.45, 7) is 3.34. The minimum atomic E-state index is -1.59. The predicted octanol–water partition coefficient (Wildman–Crippen LogP) is -3.42. The van der Waals surface area contributed by atoms with Crippen LogP contribution in [0.5, 0.6) is 0 Å². The maximum atomic E-state index is 12.7. The lowest BCUT2D eigenvalue weighted by Gasteiger charge is -2.27. The Kier molecular flexibility index (Phi) is 12.2. The molecular formula is C17H30N6O7S. The number of amides is 5. The number of hydrogen-bond acceptors (Lipinski definition) is 8. The maximum absolute atomic E-state index is 12.7. The van der Waals surface area contributed by atoms with Crippen LogP contribution in [0.3, 0.4) is 0 Å². The average molecular weight is 463 g/mol. The minimum Gasteiger partial charge on any atom is -0.480 e. The Morgan fingerprint density at radius 2 is 1.35 bits per heavy atom. The van der Waals surface area contributed by atoms with Crippen molar-refractivity contribution in [2.24, 2.45) is 23.1 Å². The standard InChI is InChI=1S/C17H30N6O7S/c1-3-7(2)13(16(28)22-10(17(29)30)5-12(20)25)23-15(27)9(4-11(19)24)21-14(26)8(18)6-31/h7-10,13,31H,3-6,18H2,1-2H3,(H2,19,24)(H2,20,25)(H,21,26)(H,22,28)(H,23,27)(H,29,30). The molecule has 176 valence electrons. The average Bonchev–Trinajstić information content (AvgIpc) is 2.68. The number of primary amides is 2. The second kappa shape index (κ2) is 13.4. The first-order valence-corrected chi connectivity index (χ1v) is 10.0. The molecule has 31 heavy (non-hydrogen) atoms. The summed E-state index contributed by atoms with van der Waals surface area (Å²) in [4.78, 5) is 71.0. The number of hydrogen-bond donors (Lipinski definition) is 8. The van der Waals surface area contributed by atoms with Crippen LogP contribution in [0.25, 0.3) is 0 Å². The largest absolute Gasteiger partial charge is 0.480 e. The smallest absolute Gasteiger partial charge is 0.326 e. The zero-order chi connectivity index (χ0) is 24.3. The molecule has 13 nitrogen and oxygen atoms in total. The Hall–Kier alpha value is -2.87. The molecule has 0 aliphatic carbocycles. The zero-order valence-corrected chi connectivity index (χ0v) is 18.2. The molecule has 14 heteroatoms. The third-order valence-corrected chi connectivity index (χ3v) is 4.78. The number of carbonyl (C=O) groups excluding carboxylic acids is 5. The topological polar surface area (TPSA) is 237 Å². The Bertz CT molecular complexity index is 704. The lowest BCUT2D eigenvalue weighted by Crippen LogP contribution is -2.59. The van der Waals surface area contributed by atoms with E-state index in [1.54, 1.807) is 13.8 Å². The van der Waals surface area contributed by atoms with Crippen molar-refractivity contribution in [2.45, 2.75) is 57.3 Å². The highest BCUT2D eigenvalue weighted by Gasteiger charge is 2.33. The van der Waals surface area contributed by atoms with E-state index in [0.717, 1.165) is 0 Å². The molecule has 0 saturated heterocycles. The highest BCUT2D eigenvalue weighted by Crippen LogP contribution is 2.10. The molecule has 5 amide bonds. The van der Waals surface area contributed by atoms with Gasteiger partial charge in [0.25, 0.3) is 0 Å². The van der Waals surface area contributed by atoms with Gasteiger partial charge in [-0.3, -0.25) is 24.0 Å². The first kappa shape index (κ1) is 28.1. The van der Waals surface area contributed by atoms with E-state index in [0.29, 0.717) is 6.42 Å². The van der Waals surface area contributed by atoms with Gasteiger partial charge in [-0.25, -0.2) is 4.79 Å². The van der Waals surface area contributed by atoms with Crippen LogP contribution >= 0.6 is 12.6 Å². The molecule has 0 aromatic heterocycles. The summed E-state index contributed by atoms with van der Waals surface area (Å²) in [5.74, 6) is -6.36. The van der Waals surface area contributed by atoms with Crippen molar-refractivity contribution in [3.8, 4) is 0 Å². The van der Waals surface area contributed by atoms with E-state index >= 15 is 0 Å². The fourth-order valence-corrected chi connectivity index (χ4v) is 2.56. The second-order valence-corrected chi connectivity index (χ2v) is 7.33. The van der Waals surface area contributed by atoms with Crippen LogP contribution in [0.15, 0.2) is 0 Å². The summed E-state index contributed by atoms with van der Waals surface area (Å²) in [7, 11) is 0. The molecule has 0 aliphatic heterocycles. The van der Waals surface area contributed by atoms with Crippen LogP contribution in [0.1, 0.15) is 33.1 Å². The Morgan fingerprint density at radius 3 is 1.77 bits per heavy atom. The van der Waals surface area contributed by atoms with Crippen molar-refractivity contribution < 1.29 is 33.9 Å². The molecule has 0 aromatic carbocycles. The number of rotatable bonds is 14. The molecule has 0 rings (SSSR count). The molecule has 0 aromatic rings. The molecule has 0 spiro atoms. The quantitative estimate of drug-likeness (QED) is 0.121. The van der Waals surface area contributed by atoms with Crippen LogP contribution in [0.4, 0.5) is 0 Å². The van der Waals surface area contributed by atoms with Crippen molar-refractivity contribution >= 4 is 48.1 Å². The molecule has 0 saturated carbocycles. The monoisotopic (exact) mass is 462 g/mol. The van der Waals surface area contributed by atoms with E-state index in [1.165, 1.54) is 0 Å². The van der Waals surface area contributed by atoms with Crippen LogP contribution in [0, 0.1) is 5.92 Å². The summed E-state index contributed by atoms with van der Waals surface area (Å²) in [6, 6.07) is -5.30. The van der Waals surface area contributed by atoms with Gasteiger partial charge in [0.05, 0.1) is 18.9 Å². The molecule has 0 fully saturated rings. The van der Waals surface area contributed by atoms with Crippen molar-refractivity contribution in [3.63, 3.8) is 0 Å². The summed E-state index contributed by atoms with van der Waals surface area (Å²) in [6.07, 6.45) is -0.807. The number of carboxylic acids is 1. The minimum absolute atomic E-state index is 0.0227. The molecule has 0 bridgehead atoms. The van der Waals surface area contributed by atoms with E-state index in [2.05, 4.69) is 28.6 Å². The van der Waals surface area contributed by atoms with E-state index in [-0.39, 0.29) is 5.75 Å². The van der Waals surface area contributed by atoms with Crippen molar-refractivity contribution in [2.75, 3.05) is 5.75 Å². The molecular weight excluding hydrogens is 432 g/mol. The molecule has 0 heterocycles. The van der Waals surface area contributed by atoms with Crippen LogP contribution in [0.2, 0.25) is 0 Å². The Balaban J connectivity index is 5.56. The van der Waals surface area contributed by atoms with Gasteiger partial charge in [0.1, 0.15) is 18.1 Å². The summed E-state index contributed by atoms with van der Waals surface area (Å²) in [5, 5.41) is 16.0. The number of nitrogens with two attached hydrogens (primary N) is 3. The van der Waals surface area contributed by atoms with Crippen LogP contribution < -0.4 is 33.2 Å². The molecule has 0 aliphatic rings. The molecule has 10 N–H and O–H groups in total. The van der Waals surface area contributed by atoms with Gasteiger partial charge in [0, 0.05) is 5.75 Å². The number of carboxylic acid groups (broad SMARTS) is 1. The van der Waals surface area contributed by atoms with Gasteiger partial charge < -0.3 is 38.3 Å². The van der Waals surface area contributed by atoms with Gasteiger partial charge in [-0.05, 0) is 5.92 Å². The predicted molar refractivity (Wildman–Crippen MR) is 112 cm³/mol. The fraction of sp³-hybridized carbons (Fsp3) is 0.647. The summed E-state index contributed by atoms with van der Waals surface area (Å²) < 4.78 is 0. The Morgan fingerprint density at radius 1 is 0.871 bits per heavy atom. The lowest BCUT2D eigenvalue weighted by molar-refractivity contribution is -0.144. The fourth-order valence-electron chi connectivity index (χ4n) is 2.39. The summed E-state index contributed by atoms with van der Waals surface area (Å²) >= 11 is 3.88. The van der Waals surface area contributed by atoms with Crippen molar-refractivity contribution in [3.05, 3.63) is 0 Å². The van der Waals surface area contributed by atoms with E-state index in [4.69, 9.17) is 22.3 Å². The van der Waals surface area contributed by atoms with Gasteiger partial charge in [-0.1, -0.05) is 20.3 Å². The highest BCUT2D eigenvalue weighted by atomic mass is 32.1. The lowest BCUT2D eigenvalue weighted by atomic mass is 9.97. The van der Waals surface area contributed by atoms with E-state index in [9.17, 15) is 28.8 Å². The van der Waals surface area contributed by atoms with Crippen molar-refractivity contribution in [1.29, 1.82) is 0 Å². The van der Waals surface area contributed by atoms with Crippen molar-refractivity contribution in [1.82, 2.24) is 16.0 Å². The summed E-state index contributed by atoms with van der Waals surface area (Å²) in [5.41, 5.74) is 15.7. The highest BCUT2D eigenvalue weighted by molar-refractivity contribution is 7.80.